The van der Waals surface area contributed by atoms with Crippen LogP contribution in [0.2, 0.25) is 5.02 Å². The second-order valence-corrected chi connectivity index (χ2v) is 12.1. The van der Waals surface area contributed by atoms with Crippen LogP contribution in [0.3, 0.4) is 0 Å². The first kappa shape index (κ1) is 30.6. The molecule has 2 saturated heterocycles. The van der Waals surface area contributed by atoms with E-state index in [0.29, 0.717) is 17.5 Å². The summed E-state index contributed by atoms with van der Waals surface area (Å²) in [7, 11) is 0. The van der Waals surface area contributed by atoms with E-state index in [1.807, 2.05) is 59.5 Å². The van der Waals surface area contributed by atoms with Crippen LogP contribution < -0.4 is 5.32 Å². The average molecular weight is 645 g/mol. The summed E-state index contributed by atoms with van der Waals surface area (Å²) in [5.74, 6) is 0.288. The average Bonchev–Trinajstić information content (AvgIpc) is 3.24. The SMILES string of the molecule is Cl.O=C(Cc1ccccc1Cl)NC(CCN1CCC2(CC1)CCN(Cc1ccc(Br)cc1)C2=O)c1ccccc1. The van der Waals surface area contributed by atoms with Gasteiger partial charge in [0, 0.05) is 29.1 Å². The Morgan fingerprint density at radius 2 is 1.57 bits per heavy atom. The normalized spacial score (nSPS) is 17.4. The number of amides is 2. The quantitative estimate of drug-likeness (QED) is 0.278. The van der Waals surface area contributed by atoms with Gasteiger partial charge in [-0.1, -0.05) is 88.2 Å². The zero-order valence-electron chi connectivity index (χ0n) is 22.5. The van der Waals surface area contributed by atoms with E-state index in [2.05, 4.69) is 50.4 Å². The van der Waals surface area contributed by atoms with E-state index in [0.717, 1.165) is 67.5 Å². The zero-order valence-corrected chi connectivity index (χ0v) is 25.7. The highest BCUT2D eigenvalue weighted by Crippen LogP contribution is 2.42. The summed E-state index contributed by atoms with van der Waals surface area (Å²) in [5.41, 5.74) is 2.89. The van der Waals surface area contributed by atoms with Gasteiger partial charge in [-0.2, -0.15) is 0 Å². The van der Waals surface area contributed by atoms with E-state index < -0.39 is 0 Å². The van der Waals surface area contributed by atoms with Crippen LogP contribution in [0.15, 0.2) is 83.3 Å². The van der Waals surface area contributed by atoms with Crippen LogP contribution in [0.4, 0.5) is 0 Å². The molecule has 3 aromatic carbocycles. The van der Waals surface area contributed by atoms with Crippen molar-refractivity contribution in [1.82, 2.24) is 15.1 Å². The minimum Gasteiger partial charge on any atom is -0.349 e. The van der Waals surface area contributed by atoms with Crippen LogP contribution in [0.25, 0.3) is 0 Å². The molecular weight excluding hydrogens is 609 g/mol. The van der Waals surface area contributed by atoms with E-state index in [4.69, 9.17) is 11.6 Å². The van der Waals surface area contributed by atoms with Gasteiger partial charge in [0.15, 0.2) is 0 Å². The summed E-state index contributed by atoms with van der Waals surface area (Å²) >= 11 is 9.77. The Kier molecular flexibility index (Phi) is 10.7. The van der Waals surface area contributed by atoms with Gasteiger partial charge in [0.1, 0.15) is 0 Å². The van der Waals surface area contributed by atoms with Crippen molar-refractivity contribution in [2.75, 3.05) is 26.2 Å². The number of nitrogens with one attached hydrogen (secondary N) is 1. The zero-order chi connectivity index (χ0) is 27.2. The predicted molar refractivity (Wildman–Crippen MR) is 167 cm³/mol. The predicted octanol–water partition coefficient (Wildman–Crippen LogP) is 6.83. The molecular formula is C32H36BrCl2N3O2. The molecule has 212 valence electrons. The Bertz CT molecular complexity index is 1280. The summed E-state index contributed by atoms with van der Waals surface area (Å²) in [6.45, 7) is 4.21. The largest absolute Gasteiger partial charge is 0.349 e. The van der Waals surface area contributed by atoms with Crippen molar-refractivity contribution in [3.63, 3.8) is 0 Å². The van der Waals surface area contributed by atoms with Crippen LogP contribution >= 0.6 is 39.9 Å². The molecule has 0 aliphatic carbocycles. The molecule has 8 heteroatoms. The molecule has 5 rings (SSSR count). The van der Waals surface area contributed by atoms with Gasteiger partial charge in [-0.3, -0.25) is 9.59 Å². The second kappa shape index (κ2) is 14.0. The van der Waals surface area contributed by atoms with Crippen molar-refractivity contribution in [2.45, 2.75) is 44.7 Å². The molecule has 0 bridgehead atoms. The monoisotopic (exact) mass is 643 g/mol. The molecule has 0 radical (unpaired) electrons. The van der Waals surface area contributed by atoms with Crippen molar-refractivity contribution in [2.24, 2.45) is 5.41 Å². The van der Waals surface area contributed by atoms with Gasteiger partial charge < -0.3 is 15.1 Å². The maximum absolute atomic E-state index is 13.4. The molecule has 2 fully saturated rings. The summed E-state index contributed by atoms with van der Waals surface area (Å²) in [6, 6.07) is 25.8. The van der Waals surface area contributed by atoms with Gasteiger partial charge in [0.25, 0.3) is 0 Å². The van der Waals surface area contributed by atoms with Crippen molar-refractivity contribution < 1.29 is 9.59 Å². The molecule has 5 nitrogen and oxygen atoms in total. The molecule has 2 aliphatic heterocycles. The van der Waals surface area contributed by atoms with E-state index in [1.54, 1.807) is 0 Å². The molecule has 2 amide bonds. The number of carbonyl (C=O) groups excluding carboxylic acids is 2. The fraction of sp³-hybridized carbons (Fsp3) is 0.375. The van der Waals surface area contributed by atoms with Crippen LogP contribution in [0, 0.1) is 5.41 Å². The molecule has 1 atom stereocenters. The summed E-state index contributed by atoms with van der Waals surface area (Å²) < 4.78 is 1.05. The number of carbonyl (C=O) groups is 2. The maximum atomic E-state index is 13.4. The minimum atomic E-state index is -0.214. The number of piperidine rings is 1. The first-order chi connectivity index (χ1) is 18.9. The Morgan fingerprint density at radius 3 is 2.27 bits per heavy atom. The first-order valence-corrected chi connectivity index (χ1v) is 14.9. The van der Waals surface area contributed by atoms with Crippen molar-refractivity contribution >= 4 is 51.8 Å². The third-order valence-corrected chi connectivity index (χ3v) is 9.18. The molecule has 40 heavy (non-hydrogen) atoms. The molecule has 3 aromatic rings. The fourth-order valence-corrected chi connectivity index (χ4v) is 6.37. The molecule has 0 saturated carbocycles. The Balaban J connectivity index is 0.00000370. The lowest BCUT2D eigenvalue weighted by molar-refractivity contribution is -0.139. The molecule has 1 spiro atoms. The number of nitrogens with zero attached hydrogens (tertiary/aromatic N) is 2. The van der Waals surface area contributed by atoms with Crippen LogP contribution in [0.5, 0.6) is 0 Å². The number of likely N-dealkylation sites (tertiary alicyclic amines) is 2. The summed E-state index contributed by atoms with van der Waals surface area (Å²) in [6.07, 6.45) is 3.82. The number of halogens is 3. The molecule has 1 unspecified atom stereocenters. The Labute approximate surface area is 256 Å². The summed E-state index contributed by atoms with van der Waals surface area (Å²) in [4.78, 5) is 30.9. The first-order valence-electron chi connectivity index (χ1n) is 13.8. The van der Waals surface area contributed by atoms with Crippen LogP contribution in [-0.2, 0) is 22.6 Å². The molecule has 0 aromatic heterocycles. The lowest BCUT2D eigenvalue weighted by Gasteiger charge is -2.38. The summed E-state index contributed by atoms with van der Waals surface area (Å²) in [5, 5.41) is 3.86. The number of hydrogen-bond acceptors (Lipinski definition) is 3. The maximum Gasteiger partial charge on any atom is 0.229 e. The third-order valence-electron chi connectivity index (χ3n) is 8.28. The molecule has 2 aliphatic rings. The van der Waals surface area contributed by atoms with E-state index in [1.165, 1.54) is 5.56 Å². The van der Waals surface area contributed by atoms with Gasteiger partial charge in [0.05, 0.1) is 17.9 Å². The highest BCUT2D eigenvalue weighted by Gasteiger charge is 2.47. The van der Waals surface area contributed by atoms with E-state index in [-0.39, 0.29) is 36.2 Å². The van der Waals surface area contributed by atoms with Crippen molar-refractivity contribution in [3.8, 4) is 0 Å². The Hall–Kier alpha value is -2.38. The van der Waals surface area contributed by atoms with Crippen LogP contribution in [-0.4, -0.2) is 47.8 Å². The third kappa shape index (κ3) is 7.47. The fourth-order valence-electron chi connectivity index (χ4n) is 5.90. The second-order valence-electron chi connectivity index (χ2n) is 10.8. The molecule has 2 heterocycles. The topological polar surface area (TPSA) is 52.7 Å². The van der Waals surface area contributed by atoms with Gasteiger partial charge >= 0.3 is 0 Å². The van der Waals surface area contributed by atoms with Gasteiger partial charge in [-0.15, -0.1) is 12.4 Å². The van der Waals surface area contributed by atoms with E-state index in [9.17, 15) is 9.59 Å². The lowest BCUT2D eigenvalue weighted by Crippen LogP contribution is -2.45. The van der Waals surface area contributed by atoms with Crippen LogP contribution in [0.1, 0.15) is 48.4 Å². The number of hydrogen-bond donors (Lipinski definition) is 1. The molecule has 1 N–H and O–H groups in total. The minimum absolute atomic E-state index is 0. The lowest BCUT2D eigenvalue weighted by atomic mass is 9.77. The van der Waals surface area contributed by atoms with Crippen molar-refractivity contribution in [3.05, 3.63) is 105 Å². The van der Waals surface area contributed by atoms with Crippen molar-refractivity contribution in [1.29, 1.82) is 0 Å². The Morgan fingerprint density at radius 1 is 0.925 bits per heavy atom. The van der Waals surface area contributed by atoms with E-state index >= 15 is 0 Å². The highest BCUT2D eigenvalue weighted by molar-refractivity contribution is 9.10. The van der Waals surface area contributed by atoms with Gasteiger partial charge in [-0.25, -0.2) is 0 Å². The smallest absolute Gasteiger partial charge is 0.229 e. The number of benzene rings is 3. The highest BCUT2D eigenvalue weighted by atomic mass is 79.9. The number of rotatable bonds is 9. The van der Waals surface area contributed by atoms with Gasteiger partial charge in [0.2, 0.25) is 11.8 Å². The standard InChI is InChI=1S/C32H35BrClN3O2.ClH/c33-27-12-10-24(11-13-27)23-37-21-17-32(31(37)39)15-19-36(20-16-32)18-14-29(25-6-2-1-3-7-25)35-30(38)22-26-8-4-5-9-28(26)34;/h1-13,29H,14-23H2,(H,35,38);1H. The van der Waals surface area contributed by atoms with Gasteiger partial charge in [-0.05, 0) is 73.7 Å².